The summed E-state index contributed by atoms with van der Waals surface area (Å²) in [4.78, 5) is 30.1. The SMILES string of the molecule is COc1ccc(OC)c([C@@H](C(=O)NC(C)(C)C)N(C(=O)Cn2nnc3ccccc32)c2c(C)cccc2C)c1. The molecule has 4 rings (SSSR count). The molecular formula is C30H35N5O4. The molecule has 4 aromatic rings. The van der Waals surface area contributed by atoms with Gasteiger partial charge in [0.05, 0.1) is 25.4 Å². The number of methoxy groups -OCH3 is 2. The van der Waals surface area contributed by atoms with Crippen LogP contribution in [-0.4, -0.2) is 46.6 Å². The maximum atomic E-state index is 14.4. The Balaban J connectivity index is 1.95. The first-order chi connectivity index (χ1) is 18.5. The minimum Gasteiger partial charge on any atom is -0.497 e. The Morgan fingerprint density at radius 1 is 0.974 bits per heavy atom. The fourth-order valence-corrected chi connectivity index (χ4v) is 4.71. The number of nitrogens with zero attached hydrogens (tertiary/aromatic N) is 4. The number of amides is 2. The lowest BCUT2D eigenvalue weighted by Gasteiger charge is -2.36. The maximum absolute atomic E-state index is 14.4. The number of rotatable bonds is 8. The number of aromatic nitrogens is 3. The number of ether oxygens (including phenoxy) is 2. The molecule has 1 heterocycles. The molecule has 3 aromatic carbocycles. The molecule has 0 saturated carbocycles. The average Bonchev–Trinajstić information content (AvgIpc) is 3.29. The molecule has 9 heteroatoms. The monoisotopic (exact) mass is 529 g/mol. The van der Waals surface area contributed by atoms with Gasteiger partial charge in [-0.15, -0.1) is 5.10 Å². The van der Waals surface area contributed by atoms with E-state index in [0.29, 0.717) is 28.3 Å². The second-order valence-electron chi connectivity index (χ2n) is 10.5. The minimum absolute atomic E-state index is 0.125. The predicted molar refractivity (Wildman–Crippen MR) is 151 cm³/mol. The molecule has 0 aliphatic heterocycles. The van der Waals surface area contributed by atoms with E-state index in [1.165, 1.54) is 7.11 Å². The van der Waals surface area contributed by atoms with Gasteiger partial charge >= 0.3 is 0 Å². The highest BCUT2D eigenvalue weighted by Crippen LogP contribution is 2.38. The van der Waals surface area contributed by atoms with Crippen LogP contribution in [0.3, 0.4) is 0 Å². The highest BCUT2D eigenvalue weighted by atomic mass is 16.5. The molecule has 0 bridgehead atoms. The molecule has 0 aliphatic carbocycles. The van der Waals surface area contributed by atoms with Crippen LogP contribution in [0.5, 0.6) is 11.5 Å². The number of carbonyl (C=O) groups excluding carboxylic acids is 2. The topological polar surface area (TPSA) is 98.6 Å². The number of hydrogen-bond acceptors (Lipinski definition) is 6. The normalized spacial score (nSPS) is 12.2. The third-order valence-corrected chi connectivity index (χ3v) is 6.39. The molecule has 1 aromatic heterocycles. The zero-order valence-corrected chi connectivity index (χ0v) is 23.5. The van der Waals surface area contributed by atoms with E-state index >= 15 is 0 Å². The molecule has 1 N–H and O–H groups in total. The van der Waals surface area contributed by atoms with Gasteiger partial charge in [-0.1, -0.05) is 35.5 Å². The summed E-state index contributed by atoms with van der Waals surface area (Å²) in [5, 5.41) is 11.5. The first kappa shape index (κ1) is 27.6. The van der Waals surface area contributed by atoms with Crippen LogP contribution in [0, 0.1) is 13.8 Å². The molecule has 2 amide bonds. The van der Waals surface area contributed by atoms with Gasteiger partial charge in [0, 0.05) is 11.1 Å². The number of para-hydroxylation sites is 2. The summed E-state index contributed by atoms with van der Waals surface area (Å²) in [5.74, 6) is 0.311. The van der Waals surface area contributed by atoms with Gasteiger partial charge in [-0.05, 0) is 76.1 Å². The van der Waals surface area contributed by atoms with Gasteiger partial charge < -0.3 is 14.8 Å². The molecule has 39 heavy (non-hydrogen) atoms. The summed E-state index contributed by atoms with van der Waals surface area (Å²) in [5.41, 5.74) is 3.69. The quantitative estimate of drug-likeness (QED) is 0.354. The van der Waals surface area contributed by atoms with Gasteiger partial charge in [-0.3, -0.25) is 14.5 Å². The molecule has 0 spiro atoms. The van der Waals surface area contributed by atoms with Gasteiger partial charge in [0.25, 0.3) is 0 Å². The van der Waals surface area contributed by atoms with Crippen molar-refractivity contribution >= 4 is 28.5 Å². The highest BCUT2D eigenvalue weighted by molar-refractivity contribution is 6.03. The van der Waals surface area contributed by atoms with Crippen LogP contribution in [-0.2, 0) is 16.1 Å². The predicted octanol–water partition coefficient (Wildman–Crippen LogP) is 4.75. The third kappa shape index (κ3) is 5.87. The van der Waals surface area contributed by atoms with Crippen molar-refractivity contribution in [3.8, 4) is 11.5 Å². The summed E-state index contributed by atoms with van der Waals surface area (Å²) in [6.45, 7) is 9.43. The largest absolute Gasteiger partial charge is 0.497 e. The van der Waals surface area contributed by atoms with Crippen LogP contribution in [0.15, 0.2) is 60.7 Å². The highest BCUT2D eigenvalue weighted by Gasteiger charge is 2.38. The van der Waals surface area contributed by atoms with E-state index < -0.39 is 11.6 Å². The van der Waals surface area contributed by atoms with E-state index in [2.05, 4.69) is 15.6 Å². The first-order valence-corrected chi connectivity index (χ1v) is 12.7. The lowest BCUT2D eigenvalue weighted by Crippen LogP contribution is -2.50. The number of nitrogens with one attached hydrogen (secondary N) is 1. The number of carbonyl (C=O) groups is 2. The van der Waals surface area contributed by atoms with Crippen LogP contribution in [0.25, 0.3) is 11.0 Å². The molecule has 1 atom stereocenters. The Labute approximate surface area is 228 Å². The lowest BCUT2D eigenvalue weighted by molar-refractivity contribution is -0.128. The van der Waals surface area contributed by atoms with Gasteiger partial charge in [0.15, 0.2) is 0 Å². The van der Waals surface area contributed by atoms with Crippen LogP contribution in [0.2, 0.25) is 0 Å². The zero-order chi connectivity index (χ0) is 28.3. The van der Waals surface area contributed by atoms with Crippen LogP contribution in [0.4, 0.5) is 5.69 Å². The number of anilines is 1. The standard InChI is InChI=1S/C30H35N5O4/c1-19-11-10-12-20(2)27(19)35(26(36)18-34-24-14-9-8-13-23(24)32-33-34)28(29(37)31-30(3,4)5)22-17-21(38-6)15-16-25(22)39-7/h8-17,28H,18H2,1-7H3,(H,31,37)/t28-/m0/s1. The van der Waals surface area contributed by atoms with Crippen molar-refractivity contribution in [3.63, 3.8) is 0 Å². The number of fused-ring (bicyclic) bond motifs is 1. The van der Waals surface area contributed by atoms with Crippen molar-refractivity contribution in [2.75, 3.05) is 19.1 Å². The summed E-state index contributed by atoms with van der Waals surface area (Å²) >= 11 is 0. The zero-order valence-electron chi connectivity index (χ0n) is 23.5. The van der Waals surface area contributed by atoms with Gasteiger partial charge in [-0.2, -0.15) is 0 Å². The van der Waals surface area contributed by atoms with Crippen LogP contribution >= 0.6 is 0 Å². The van der Waals surface area contributed by atoms with Gasteiger partial charge in [-0.25, -0.2) is 4.68 Å². The first-order valence-electron chi connectivity index (χ1n) is 12.7. The molecule has 9 nitrogen and oxygen atoms in total. The van der Waals surface area contributed by atoms with Crippen LogP contribution < -0.4 is 19.7 Å². The van der Waals surface area contributed by atoms with E-state index in [9.17, 15) is 9.59 Å². The summed E-state index contributed by atoms with van der Waals surface area (Å²) in [7, 11) is 3.09. The number of hydrogen-bond donors (Lipinski definition) is 1. The Bertz CT molecular complexity index is 1480. The minimum atomic E-state index is -1.07. The third-order valence-electron chi connectivity index (χ3n) is 6.39. The molecule has 0 saturated heterocycles. The Hall–Kier alpha value is -4.40. The Kier molecular flexibility index (Phi) is 7.90. The maximum Gasteiger partial charge on any atom is 0.249 e. The number of benzene rings is 3. The smallest absolute Gasteiger partial charge is 0.249 e. The molecule has 0 aliphatic rings. The van der Waals surface area contributed by atoms with Crippen molar-refractivity contribution in [3.05, 3.63) is 77.4 Å². The van der Waals surface area contributed by atoms with E-state index in [1.54, 1.807) is 34.9 Å². The van der Waals surface area contributed by atoms with Gasteiger partial charge in [0.2, 0.25) is 11.8 Å². The summed E-state index contributed by atoms with van der Waals surface area (Å²) < 4.78 is 12.7. The van der Waals surface area contributed by atoms with E-state index in [-0.39, 0.29) is 18.4 Å². The van der Waals surface area contributed by atoms with Crippen molar-refractivity contribution in [1.82, 2.24) is 20.3 Å². The second-order valence-corrected chi connectivity index (χ2v) is 10.5. The number of aryl methyl sites for hydroxylation is 2. The van der Waals surface area contributed by atoms with E-state index in [0.717, 1.165) is 16.6 Å². The van der Waals surface area contributed by atoms with Crippen molar-refractivity contribution in [2.24, 2.45) is 0 Å². The average molecular weight is 530 g/mol. The van der Waals surface area contributed by atoms with E-state index in [4.69, 9.17) is 9.47 Å². The lowest BCUT2D eigenvalue weighted by atomic mass is 9.97. The Morgan fingerprint density at radius 2 is 1.67 bits per heavy atom. The molecule has 204 valence electrons. The van der Waals surface area contributed by atoms with Crippen molar-refractivity contribution in [1.29, 1.82) is 0 Å². The second kappa shape index (κ2) is 11.1. The molecular weight excluding hydrogens is 494 g/mol. The van der Waals surface area contributed by atoms with E-state index in [1.807, 2.05) is 77.1 Å². The Morgan fingerprint density at radius 3 is 2.31 bits per heavy atom. The fourth-order valence-electron chi connectivity index (χ4n) is 4.71. The summed E-state index contributed by atoms with van der Waals surface area (Å²) in [6.07, 6.45) is 0. The molecule has 0 radical (unpaired) electrons. The summed E-state index contributed by atoms with van der Waals surface area (Å²) in [6, 6.07) is 17.4. The van der Waals surface area contributed by atoms with Gasteiger partial charge in [0.1, 0.15) is 29.6 Å². The molecule has 0 unspecified atom stereocenters. The molecule has 0 fully saturated rings. The van der Waals surface area contributed by atoms with Crippen molar-refractivity contribution in [2.45, 2.75) is 52.7 Å². The fraction of sp³-hybridized carbons (Fsp3) is 0.333. The van der Waals surface area contributed by atoms with Crippen molar-refractivity contribution < 1.29 is 19.1 Å². The van der Waals surface area contributed by atoms with Crippen LogP contribution in [0.1, 0.15) is 43.5 Å².